The summed E-state index contributed by atoms with van der Waals surface area (Å²) in [5, 5.41) is 11.1. The summed E-state index contributed by atoms with van der Waals surface area (Å²) in [5.74, 6) is -4.05. The van der Waals surface area contributed by atoms with E-state index in [1.807, 2.05) is 5.32 Å². The number of carbonyl (C=O) groups excluding carboxylic acids is 1. The molecular formula is C12H11Cl2F2NO2. The number of aliphatic hydroxyl groups excluding tert-OH is 1. The first-order valence-corrected chi connectivity index (χ1v) is 5.99. The first-order chi connectivity index (χ1) is 8.84. The Hall–Kier alpha value is -1.17. The number of nitrogens with one attached hydrogen (secondary N) is 1. The molecule has 1 amide bonds. The largest absolute Gasteiger partial charge is 0.390 e. The van der Waals surface area contributed by atoms with Crippen molar-refractivity contribution in [3.63, 3.8) is 0 Å². The standard InChI is InChI=1S/C12H11Cl2F2NO2/c13-9-2-3-10(14)8(5-9)1-4-11(19)17-6-12(15,16)7-18/h1-5,18H,6-7H2,(H,17,19)/b4-1+. The van der Waals surface area contributed by atoms with Crippen LogP contribution in [0.5, 0.6) is 0 Å². The first kappa shape index (κ1) is 15.9. The zero-order valence-corrected chi connectivity index (χ0v) is 11.2. The molecule has 0 atom stereocenters. The van der Waals surface area contributed by atoms with Gasteiger partial charge in [0.2, 0.25) is 5.91 Å². The Morgan fingerprint density at radius 1 is 1.42 bits per heavy atom. The predicted octanol–water partition coefficient (Wildman–Crippen LogP) is 2.75. The SMILES string of the molecule is O=C(/C=C/c1cc(Cl)ccc1Cl)NCC(F)(F)CO. The lowest BCUT2D eigenvalue weighted by molar-refractivity contribution is -0.119. The van der Waals surface area contributed by atoms with Gasteiger partial charge in [-0.15, -0.1) is 0 Å². The van der Waals surface area contributed by atoms with E-state index in [-0.39, 0.29) is 0 Å². The fourth-order valence-electron chi connectivity index (χ4n) is 1.14. The average molecular weight is 310 g/mol. The lowest BCUT2D eigenvalue weighted by Gasteiger charge is -2.12. The van der Waals surface area contributed by atoms with E-state index in [0.29, 0.717) is 15.6 Å². The molecule has 19 heavy (non-hydrogen) atoms. The van der Waals surface area contributed by atoms with Crippen molar-refractivity contribution in [2.45, 2.75) is 5.92 Å². The minimum absolute atomic E-state index is 0.383. The molecule has 0 spiro atoms. The molecule has 0 radical (unpaired) electrons. The highest BCUT2D eigenvalue weighted by Crippen LogP contribution is 2.21. The van der Waals surface area contributed by atoms with Gasteiger partial charge in [-0.25, -0.2) is 8.78 Å². The molecule has 0 fully saturated rings. The van der Waals surface area contributed by atoms with E-state index in [0.717, 1.165) is 6.08 Å². The molecule has 104 valence electrons. The highest BCUT2D eigenvalue weighted by Gasteiger charge is 2.27. The summed E-state index contributed by atoms with van der Waals surface area (Å²) in [4.78, 5) is 11.3. The second-order valence-corrected chi connectivity index (χ2v) is 4.57. The summed E-state index contributed by atoms with van der Waals surface area (Å²) in [7, 11) is 0. The van der Waals surface area contributed by atoms with E-state index in [2.05, 4.69) is 0 Å². The summed E-state index contributed by atoms with van der Waals surface area (Å²) in [6.07, 6.45) is 2.42. The van der Waals surface area contributed by atoms with Crippen LogP contribution in [0.25, 0.3) is 6.08 Å². The molecule has 2 N–H and O–H groups in total. The number of aliphatic hydroxyl groups is 1. The number of alkyl halides is 2. The Balaban J connectivity index is 2.61. The van der Waals surface area contributed by atoms with Gasteiger partial charge in [-0.2, -0.15) is 0 Å². The van der Waals surface area contributed by atoms with Crippen molar-refractivity contribution in [2.24, 2.45) is 0 Å². The van der Waals surface area contributed by atoms with Crippen molar-refractivity contribution in [1.82, 2.24) is 5.32 Å². The zero-order valence-electron chi connectivity index (χ0n) is 9.67. The summed E-state index contributed by atoms with van der Waals surface area (Å²) in [6.45, 7) is -2.26. The van der Waals surface area contributed by atoms with Gasteiger partial charge in [-0.3, -0.25) is 4.79 Å². The third-order valence-electron chi connectivity index (χ3n) is 2.12. The molecule has 1 aromatic rings. The molecule has 3 nitrogen and oxygen atoms in total. The topological polar surface area (TPSA) is 49.3 Å². The quantitative estimate of drug-likeness (QED) is 0.822. The van der Waals surface area contributed by atoms with Crippen LogP contribution >= 0.6 is 23.2 Å². The van der Waals surface area contributed by atoms with Gasteiger partial charge in [0.25, 0.3) is 5.92 Å². The third kappa shape index (κ3) is 5.55. The van der Waals surface area contributed by atoms with Crippen LogP contribution in [0.15, 0.2) is 24.3 Å². The normalized spacial score (nSPS) is 11.8. The number of halogens is 4. The highest BCUT2D eigenvalue weighted by molar-refractivity contribution is 6.34. The smallest absolute Gasteiger partial charge is 0.287 e. The molecule has 1 rings (SSSR count). The van der Waals surface area contributed by atoms with Crippen molar-refractivity contribution >= 4 is 35.2 Å². The summed E-state index contributed by atoms with van der Waals surface area (Å²) >= 11 is 11.6. The van der Waals surface area contributed by atoms with Crippen LogP contribution < -0.4 is 5.32 Å². The molecule has 0 saturated heterocycles. The zero-order chi connectivity index (χ0) is 14.5. The first-order valence-electron chi connectivity index (χ1n) is 5.24. The summed E-state index contributed by atoms with van der Waals surface area (Å²) in [6, 6.07) is 4.68. The monoisotopic (exact) mass is 309 g/mol. The van der Waals surface area contributed by atoms with Gasteiger partial charge in [0.15, 0.2) is 0 Å². The van der Waals surface area contributed by atoms with Gasteiger partial charge in [-0.05, 0) is 29.8 Å². The number of amides is 1. The molecule has 0 heterocycles. The maximum Gasteiger partial charge on any atom is 0.287 e. The predicted molar refractivity (Wildman–Crippen MR) is 70.5 cm³/mol. The Morgan fingerprint density at radius 3 is 2.74 bits per heavy atom. The third-order valence-corrected chi connectivity index (χ3v) is 2.70. The van der Waals surface area contributed by atoms with Gasteiger partial charge < -0.3 is 10.4 Å². The van der Waals surface area contributed by atoms with Crippen molar-refractivity contribution in [2.75, 3.05) is 13.2 Å². The number of hydrogen-bond donors (Lipinski definition) is 2. The molecule has 0 aliphatic heterocycles. The highest BCUT2D eigenvalue weighted by atomic mass is 35.5. The van der Waals surface area contributed by atoms with Crippen LogP contribution in [0.3, 0.4) is 0 Å². The molecule has 0 bridgehead atoms. The maximum atomic E-state index is 12.7. The van der Waals surface area contributed by atoms with Gasteiger partial charge in [-0.1, -0.05) is 23.2 Å². The van der Waals surface area contributed by atoms with E-state index < -0.39 is 25.0 Å². The van der Waals surface area contributed by atoms with Crippen LogP contribution in [0.2, 0.25) is 10.0 Å². The van der Waals surface area contributed by atoms with Crippen LogP contribution in [-0.4, -0.2) is 30.1 Å². The van der Waals surface area contributed by atoms with Crippen LogP contribution in [-0.2, 0) is 4.79 Å². The molecule has 0 aliphatic carbocycles. The molecule has 0 aromatic heterocycles. The fraction of sp³-hybridized carbons (Fsp3) is 0.250. The van der Waals surface area contributed by atoms with Crippen LogP contribution in [0.1, 0.15) is 5.56 Å². The Labute approximate surface area is 118 Å². The second-order valence-electron chi connectivity index (χ2n) is 3.73. The Morgan fingerprint density at radius 2 is 2.11 bits per heavy atom. The van der Waals surface area contributed by atoms with Gasteiger partial charge in [0.1, 0.15) is 6.61 Å². The van der Waals surface area contributed by atoms with Gasteiger partial charge in [0.05, 0.1) is 6.54 Å². The van der Waals surface area contributed by atoms with Crippen LogP contribution in [0.4, 0.5) is 8.78 Å². The van der Waals surface area contributed by atoms with E-state index in [1.165, 1.54) is 12.1 Å². The molecule has 0 saturated carbocycles. The van der Waals surface area contributed by atoms with E-state index >= 15 is 0 Å². The van der Waals surface area contributed by atoms with Crippen molar-refractivity contribution in [3.05, 3.63) is 39.9 Å². The Kier molecular flexibility index (Phi) is 5.72. The maximum absolute atomic E-state index is 12.7. The number of rotatable bonds is 5. The summed E-state index contributed by atoms with van der Waals surface area (Å²) < 4.78 is 25.3. The van der Waals surface area contributed by atoms with E-state index in [9.17, 15) is 13.6 Å². The molecule has 0 aliphatic rings. The average Bonchev–Trinajstić information content (AvgIpc) is 2.37. The Bertz CT molecular complexity index is 493. The fourth-order valence-corrected chi connectivity index (χ4v) is 1.50. The van der Waals surface area contributed by atoms with Crippen molar-refractivity contribution in [3.8, 4) is 0 Å². The number of benzene rings is 1. The number of hydrogen-bond acceptors (Lipinski definition) is 2. The van der Waals surface area contributed by atoms with E-state index in [1.54, 1.807) is 12.1 Å². The summed E-state index contributed by atoms with van der Waals surface area (Å²) in [5.41, 5.74) is 0.498. The van der Waals surface area contributed by atoms with Crippen molar-refractivity contribution in [1.29, 1.82) is 0 Å². The molecular weight excluding hydrogens is 299 g/mol. The van der Waals surface area contributed by atoms with Crippen molar-refractivity contribution < 1.29 is 18.7 Å². The van der Waals surface area contributed by atoms with Crippen LogP contribution in [0, 0.1) is 0 Å². The minimum atomic E-state index is -3.34. The second kappa shape index (κ2) is 6.84. The molecule has 1 aromatic carbocycles. The van der Waals surface area contributed by atoms with E-state index in [4.69, 9.17) is 28.3 Å². The lowest BCUT2D eigenvalue weighted by atomic mass is 10.2. The minimum Gasteiger partial charge on any atom is -0.390 e. The molecule has 7 heteroatoms. The lowest BCUT2D eigenvalue weighted by Crippen LogP contribution is -2.38. The van der Waals surface area contributed by atoms with Gasteiger partial charge >= 0.3 is 0 Å². The molecule has 0 unspecified atom stereocenters. The van der Waals surface area contributed by atoms with Gasteiger partial charge in [0, 0.05) is 16.1 Å². The number of carbonyl (C=O) groups is 1.